The van der Waals surface area contributed by atoms with Gasteiger partial charge in [-0.05, 0) is 36.5 Å². The van der Waals surface area contributed by atoms with Crippen molar-refractivity contribution >= 4 is 28.3 Å². The highest BCUT2D eigenvalue weighted by Crippen LogP contribution is 2.22. The van der Waals surface area contributed by atoms with Gasteiger partial charge in [0, 0.05) is 24.7 Å². The van der Waals surface area contributed by atoms with Gasteiger partial charge in [0.1, 0.15) is 11.3 Å². The van der Waals surface area contributed by atoms with E-state index in [1.807, 2.05) is 12.1 Å². The maximum absolute atomic E-state index is 13.6. The van der Waals surface area contributed by atoms with Gasteiger partial charge in [-0.3, -0.25) is 4.57 Å². The van der Waals surface area contributed by atoms with Crippen LogP contribution in [-0.4, -0.2) is 49.5 Å². The van der Waals surface area contributed by atoms with Gasteiger partial charge >= 0.3 is 11.7 Å². The first-order valence-electron chi connectivity index (χ1n) is 10.1. The van der Waals surface area contributed by atoms with Crippen LogP contribution in [0.25, 0.3) is 16.7 Å². The summed E-state index contributed by atoms with van der Waals surface area (Å²) in [4.78, 5) is 22.3. The van der Waals surface area contributed by atoms with Crippen LogP contribution in [0.15, 0.2) is 35.3 Å². The number of nitrogens with zero attached hydrogens (tertiary/aromatic N) is 6. The van der Waals surface area contributed by atoms with E-state index in [0.29, 0.717) is 46.4 Å². The second kappa shape index (κ2) is 8.24. The third-order valence-corrected chi connectivity index (χ3v) is 5.90. The Labute approximate surface area is 182 Å². The Bertz CT molecular complexity index is 1290. The molecular formula is C21H21ClN6O3. The van der Waals surface area contributed by atoms with E-state index in [9.17, 15) is 4.79 Å². The van der Waals surface area contributed by atoms with Gasteiger partial charge in [0.25, 0.3) is 0 Å². The molecule has 4 heterocycles. The highest BCUT2D eigenvalue weighted by molar-refractivity contribution is 6.30. The lowest BCUT2D eigenvalue weighted by atomic mass is 9.96. The number of benzene rings is 1. The van der Waals surface area contributed by atoms with Crippen LogP contribution in [-0.2, 0) is 17.7 Å². The number of aromatic nitrogens is 6. The molecular weight excluding hydrogens is 420 g/mol. The largest absolute Gasteiger partial charge is 0.467 e. The van der Waals surface area contributed by atoms with Crippen molar-refractivity contribution in [1.29, 1.82) is 0 Å². The van der Waals surface area contributed by atoms with Gasteiger partial charge in [0.05, 0.1) is 25.4 Å². The summed E-state index contributed by atoms with van der Waals surface area (Å²) in [6.07, 6.45) is 4.13. The number of fused-ring (bicyclic) bond motifs is 3. The van der Waals surface area contributed by atoms with E-state index in [2.05, 4.69) is 20.2 Å². The molecule has 0 unspecified atom stereocenters. The predicted octanol–water partition coefficient (Wildman–Crippen LogP) is 2.51. The van der Waals surface area contributed by atoms with Crippen LogP contribution in [0.3, 0.4) is 0 Å². The third-order valence-electron chi connectivity index (χ3n) is 5.65. The van der Waals surface area contributed by atoms with Crippen LogP contribution < -0.4 is 10.4 Å². The minimum Gasteiger partial charge on any atom is -0.467 e. The predicted molar refractivity (Wildman–Crippen MR) is 115 cm³/mol. The summed E-state index contributed by atoms with van der Waals surface area (Å²) in [6.45, 7) is 1.80. The topological polar surface area (TPSA) is 96.4 Å². The fourth-order valence-corrected chi connectivity index (χ4v) is 4.11. The van der Waals surface area contributed by atoms with Crippen LogP contribution in [0.5, 0.6) is 6.01 Å². The molecule has 1 aliphatic rings. The number of rotatable bonds is 5. The first-order valence-corrected chi connectivity index (χ1v) is 10.5. The lowest BCUT2D eigenvalue weighted by Crippen LogP contribution is -2.30. The minimum absolute atomic E-state index is 0.208. The normalized spacial score (nSPS) is 15.0. The maximum atomic E-state index is 13.6. The lowest BCUT2D eigenvalue weighted by Gasteiger charge is -2.21. The Balaban J connectivity index is 1.69. The molecule has 1 aliphatic heterocycles. The Morgan fingerprint density at radius 1 is 1.19 bits per heavy atom. The van der Waals surface area contributed by atoms with Crippen LogP contribution in [0.2, 0.25) is 5.02 Å². The molecule has 0 spiro atoms. The molecule has 0 bridgehead atoms. The average molecular weight is 441 g/mol. The molecule has 5 rings (SSSR count). The number of ether oxygens (including phenoxy) is 2. The first-order chi connectivity index (χ1) is 15.1. The van der Waals surface area contributed by atoms with Gasteiger partial charge in [-0.15, -0.1) is 10.2 Å². The highest BCUT2D eigenvalue weighted by Gasteiger charge is 2.22. The van der Waals surface area contributed by atoms with Crippen molar-refractivity contribution in [3.63, 3.8) is 0 Å². The summed E-state index contributed by atoms with van der Waals surface area (Å²) in [7, 11) is 1.50. The molecule has 1 fully saturated rings. The Kier molecular flexibility index (Phi) is 5.29. The first kappa shape index (κ1) is 19.9. The molecule has 3 aromatic heterocycles. The minimum atomic E-state index is -0.224. The highest BCUT2D eigenvalue weighted by atomic mass is 35.5. The van der Waals surface area contributed by atoms with Crippen molar-refractivity contribution in [1.82, 2.24) is 29.1 Å². The molecule has 4 aromatic rings. The smallest absolute Gasteiger partial charge is 0.336 e. The summed E-state index contributed by atoms with van der Waals surface area (Å²) in [5, 5.41) is 9.31. The fourth-order valence-electron chi connectivity index (χ4n) is 3.98. The van der Waals surface area contributed by atoms with E-state index < -0.39 is 0 Å². The average Bonchev–Trinajstić information content (AvgIpc) is 3.22. The molecule has 0 radical (unpaired) electrons. The molecule has 0 atom stereocenters. The van der Waals surface area contributed by atoms with E-state index in [4.69, 9.17) is 21.1 Å². The van der Waals surface area contributed by atoms with Crippen LogP contribution in [0, 0.1) is 5.92 Å². The fraction of sp³-hybridized carbons (Fsp3) is 0.381. The van der Waals surface area contributed by atoms with Gasteiger partial charge in [-0.25, -0.2) is 14.2 Å². The standard InChI is InChI=1S/C21H21ClN6O3/c1-30-20-23-11-16-18(24-20)19-26-25-17(10-13-6-8-31-9-7-13)28(19)21(29)27(16)12-14-2-4-15(22)5-3-14/h2-5,11,13H,6-10,12H2,1H3. The summed E-state index contributed by atoms with van der Waals surface area (Å²) in [5.41, 5.74) is 2.21. The van der Waals surface area contributed by atoms with Crippen molar-refractivity contribution in [2.45, 2.75) is 25.8 Å². The van der Waals surface area contributed by atoms with Gasteiger partial charge in [-0.1, -0.05) is 23.7 Å². The van der Waals surface area contributed by atoms with Crippen molar-refractivity contribution in [2.24, 2.45) is 5.92 Å². The van der Waals surface area contributed by atoms with E-state index in [-0.39, 0.29) is 11.7 Å². The van der Waals surface area contributed by atoms with E-state index in [1.54, 1.807) is 27.3 Å². The van der Waals surface area contributed by atoms with Gasteiger partial charge < -0.3 is 9.47 Å². The van der Waals surface area contributed by atoms with Gasteiger partial charge in [0.2, 0.25) is 0 Å². The van der Waals surface area contributed by atoms with Crippen molar-refractivity contribution in [3.05, 3.63) is 57.4 Å². The van der Waals surface area contributed by atoms with E-state index in [0.717, 1.165) is 31.6 Å². The molecule has 1 saturated heterocycles. The van der Waals surface area contributed by atoms with Crippen LogP contribution in [0.1, 0.15) is 24.2 Å². The Morgan fingerprint density at radius 3 is 2.71 bits per heavy atom. The Morgan fingerprint density at radius 2 is 1.97 bits per heavy atom. The lowest BCUT2D eigenvalue weighted by molar-refractivity contribution is 0.0659. The van der Waals surface area contributed by atoms with Crippen LogP contribution in [0.4, 0.5) is 0 Å². The zero-order chi connectivity index (χ0) is 21.4. The monoisotopic (exact) mass is 440 g/mol. The third kappa shape index (κ3) is 3.75. The number of methoxy groups -OCH3 is 1. The molecule has 0 N–H and O–H groups in total. The van der Waals surface area contributed by atoms with Crippen molar-refractivity contribution in [3.8, 4) is 6.01 Å². The molecule has 9 nitrogen and oxygen atoms in total. The second-order valence-electron chi connectivity index (χ2n) is 7.62. The molecule has 0 amide bonds. The Hall–Kier alpha value is -3.04. The summed E-state index contributed by atoms with van der Waals surface area (Å²) < 4.78 is 13.9. The quantitative estimate of drug-likeness (QED) is 0.470. The maximum Gasteiger partial charge on any atom is 0.336 e. The molecule has 1 aromatic carbocycles. The van der Waals surface area contributed by atoms with Gasteiger partial charge in [0.15, 0.2) is 5.65 Å². The molecule has 0 aliphatic carbocycles. The van der Waals surface area contributed by atoms with E-state index in [1.165, 1.54) is 7.11 Å². The van der Waals surface area contributed by atoms with Crippen molar-refractivity contribution < 1.29 is 9.47 Å². The summed E-state index contributed by atoms with van der Waals surface area (Å²) in [6, 6.07) is 7.60. The van der Waals surface area contributed by atoms with Gasteiger partial charge in [-0.2, -0.15) is 4.98 Å². The molecule has 0 saturated carbocycles. The van der Waals surface area contributed by atoms with Crippen LogP contribution >= 0.6 is 11.6 Å². The zero-order valence-electron chi connectivity index (χ0n) is 17.0. The zero-order valence-corrected chi connectivity index (χ0v) is 17.7. The summed E-state index contributed by atoms with van der Waals surface area (Å²) >= 11 is 6.02. The number of hydrogen-bond acceptors (Lipinski definition) is 7. The number of halogens is 1. The summed E-state index contributed by atoms with van der Waals surface area (Å²) in [5.74, 6) is 1.04. The SMILES string of the molecule is COc1ncc2c(n1)c1nnc(CC3CCOCC3)n1c(=O)n2Cc1ccc(Cl)cc1. The number of hydrogen-bond donors (Lipinski definition) is 0. The second-order valence-corrected chi connectivity index (χ2v) is 8.06. The molecule has 160 valence electrons. The molecule has 10 heteroatoms. The van der Waals surface area contributed by atoms with Crippen molar-refractivity contribution in [2.75, 3.05) is 20.3 Å². The molecule has 31 heavy (non-hydrogen) atoms. The van der Waals surface area contributed by atoms with E-state index >= 15 is 0 Å².